The van der Waals surface area contributed by atoms with E-state index in [0.29, 0.717) is 17.7 Å². The van der Waals surface area contributed by atoms with E-state index < -0.39 is 0 Å². The molecule has 0 spiro atoms. The highest BCUT2D eigenvalue weighted by atomic mass is 32.2. The number of fused-ring (bicyclic) bond motifs is 1. The number of amides is 3. The summed E-state index contributed by atoms with van der Waals surface area (Å²) in [5, 5.41) is 2.83. The number of benzene rings is 2. The van der Waals surface area contributed by atoms with Gasteiger partial charge >= 0.3 is 0 Å². The molecule has 1 aliphatic rings. The molecule has 0 saturated heterocycles. The van der Waals surface area contributed by atoms with Crippen LogP contribution in [0.2, 0.25) is 0 Å². The minimum atomic E-state index is -0.326. The summed E-state index contributed by atoms with van der Waals surface area (Å²) in [6.45, 7) is 2.69. The Kier molecular flexibility index (Phi) is 5.73. The van der Waals surface area contributed by atoms with Crippen molar-refractivity contribution in [1.29, 1.82) is 0 Å². The van der Waals surface area contributed by atoms with Crippen LogP contribution in [0.1, 0.15) is 32.7 Å². The van der Waals surface area contributed by atoms with E-state index in [1.54, 1.807) is 36.0 Å². The molecule has 3 amide bonds. The molecule has 1 heterocycles. The smallest absolute Gasteiger partial charge is 0.261 e. The number of hydrogen-bond acceptors (Lipinski definition) is 4. The van der Waals surface area contributed by atoms with Crippen LogP contribution in [0, 0.1) is 6.92 Å². The van der Waals surface area contributed by atoms with Gasteiger partial charge < -0.3 is 5.32 Å². The molecule has 0 radical (unpaired) electrons. The summed E-state index contributed by atoms with van der Waals surface area (Å²) in [7, 11) is 0. The number of nitrogens with zero attached hydrogens (tertiary/aromatic N) is 1. The van der Waals surface area contributed by atoms with Crippen LogP contribution in [0.5, 0.6) is 0 Å². The minimum absolute atomic E-state index is 0.100. The van der Waals surface area contributed by atoms with E-state index in [2.05, 4.69) is 29.6 Å². The third-order valence-electron chi connectivity index (χ3n) is 4.15. The first kappa shape index (κ1) is 18.2. The second-order valence-corrected chi connectivity index (χ2v) is 7.24. The van der Waals surface area contributed by atoms with Crippen LogP contribution < -0.4 is 5.32 Å². The molecule has 1 N–H and O–H groups in total. The van der Waals surface area contributed by atoms with Crippen LogP contribution in [0.4, 0.5) is 0 Å². The maximum Gasteiger partial charge on any atom is 0.261 e. The van der Waals surface area contributed by atoms with Gasteiger partial charge in [-0.1, -0.05) is 29.8 Å². The Hall–Kier alpha value is -2.60. The Bertz CT molecular complexity index is 798. The Morgan fingerprint density at radius 3 is 2.23 bits per heavy atom. The maximum absolute atomic E-state index is 12.2. The van der Waals surface area contributed by atoms with Gasteiger partial charge in [-0.2, -0.15) is 0 Å². The van der Waals surface area contributed by atoms with Crippen molar-refractivity contribution in [1.82, 2.24) is 10.2 Å². The van der Waals surface area contributed by atoms with E-state index in [1.165, 1.54) is 5.56 Å². The molecule has 1 aliphatic heterocycles. The number of carbonyl (C=O) groups is 3. The Labute approximate surface area is 156 Å². The topological polar surface area (TPSA) is 66.5 Å². The molecular formula is C20H20N2O3S. The van der Waals surface area contributed by atoms with Crippen molar-refractivity contribution in [2.75, 3.05) is 18.8 Å². The maximum atomic E-state index is 12.2. The number of aryl methyl sites for hydroxylation is 1. The van der Waals surface area contributed by atoms with Gasteiger partial charge in [-0.25, -0.2) is 0 Å². The van der Waals surface area contributed by atoms with Crippen LogP contribution >= 0.6 is 11.8 Å². The van der Waals surface area contributed by atoms with Gasteiger partial charge in [-0.15, -0.1) is 11.8 Å². The quantitative estimate of drug-likeness (QED) is 0.464. The SMILES string of the molecule is Cc1ccc(SCCNC(=O)CCN2C(=O)c3ccccc3C2=O)cc1. The summed E-state index contributed by atoms with van der Waals surface area (Å²) in [4.78, 5) is 38.7. The molecule has 2 aromatic carbocycles. The lowest BCUT2D eigenvalue weighted by atomic mass is 10.1. The number of nitrogens with one attached hydrogen (secondary N) is 1. The van der Waals surface area contributed by atoms with Crippen molar-refractivity contribution in [2.45, 2.75) is 18.2 Å². The molecule has 0 aliphatic carbocycles. The highest BCUT2D eigenvalue weighted by Gasteiger charge is 2.34. The fourth-order valence-electron chi connectivity index (χ4n) is 2.74. The summed E-state index contributed by atoms with van der Waals surface area (Å²) < 4.78 is 0. The predicted octanol–water partition coefficient (Wildman–Crippen LogP) is 2.89. The third kappa shape index (κ3) is 4.14. The molecule has 0 saturated carbocycles. The number of rotatable bonds is 7. The van der Waals surface area contributed by atoms with Crippen LogP contribution in [-0.2, 0) is 4.79 Å². The molecule has 2 aromatic rings. The van der Waals surface area contributed by atoms with E-state index in [9.17, 15) is 14.4 Å². The van der Waals surface area contributed by atoms with Crippen molar-refractivity contribution in [3.8, 4) is 0 Å². The van der Waals surface area contributed by atoms with Crippen LogP contribution in [0.3, 0.4) is 0 Å². The molecule has 0 bridgehead atoms. The van der Waals surface area contributed by atoms with E-state index in [1.807, 2.05) is 6.92 Å². The van der Waals surface area contributed by atoms with Crippen LogP contribution in [0.15, 0.2) is 53.4 Å². The first-order valence-corrected chi connectivity index (χ1v) is 9.46. The Morgan fingerprint density at radius 1 is 1.00 bits per heavy atom. The summed E-state index contributed by atoms with van der Waals surface area (Å²) in [6, 6.07) is 15.0. The lowest BCUT2D eigenvalue weighted by Crippen LogP contribution is -2.35. The molecular weight excluding hydrogens is 348 g/mol. The molecule has 0 atom stereocenters. The van der Waals surface area contributed by atoms with E-state index in [0.717, 1.165) is 15.5 Å². The zero-order valence-corrected chi connectivity index (χ0v) is 15.3. The first-order valence-electron chi connectivity index (χ1n) is 8.47. The zero-order valence-electron chi connectivity index (χ0n) is 14.5. The number of hydrogen-bond donors (Lipinski definition) is 1. The normalized spacial score (nSPS) is 13.0. The van der Waals surface area contributed by atoms with Gasteiger partial charge in [0.15, 0.2) is 0 Å². The standard InChI is InChI=1S/C20H20N2O3S/c1-14-6-8-15(9-7-14)26-13-11-21-18(23)10-12-22-19(24)16-4-2-3-5-17(16)20(22)25/h2-9H,10-13H2,1H3,(H,21,23). The van der Waals surface area contributed by atoms with Gasteiger partial charge in [0.25, 0.3) is 11.8 Å². The molecule has 134 valence electrons. The molecule has 0 unspecified atom stereocenters. The fourth-order valence-corrected chi connectivity index (χ4v) is 3.51. The molecule has 3 rings (SSSR count). The van der Waals surface area contributed by atoms with Gasteiger partial charge in [0.2, 0.25) is 5.91 Å². The van der Waals surface area contributed by atoms with Crippen molar-refractivity contribution in [3.05, 3.63) is 65.2 Å². The molecule has 26 heavy (non-hydrogen) atoms. The lowest BCUT2D eigenvalue weighted by molar-refractivity contribution is -0.121. The number of carbonyl (C=O) groups excluding carboxylic acids is 3. The lowest BCUT2D eigenvalue weighted by Gasteiger charge is -2.13. The summed E-state index contributed by atoms with van der Waals surface area (Å²) in [5.41, 5.74) is 2.04. The average Bonchev–Trinajstić information content (AvgIpc) is 2.89. The van der Waals surface area contributed by atoms with Crippen molar-refractivity contribution >= 4 is 29.5 Å². The van der Waals surface area contributed by atoms with Crippen LogP contribution in [-0.4, -0.2) is 41.5 Å². The second-order valence-electron chi connectivity index (χ2n) is 6.07. The van der Waals surface area contributed by atoms with E-state index in [4.69, 9.17) is 0 Å². The Balaban J connectivity index is 1.40. The van der Waals surface area contributed by atoms with Crippen molar-refractivity contribution < 1.29 is 14.4 Å². The minimum Gasteiger partial charge on any atom is -0.355 e. The van der Waals surface area contributed by atoms with E-state index in [-0.39, 0.29) is 30.7 Å². The third-order valence-corrected chi connectivity index (χ3v) is 5.17. The number of thioether (sulfide) groups is 1. The summed E-state index contributed by atoms with van der Waals surface area (Å²) in [5.74, 6) is -0.0466. The van der Waals surface area contributed by atoms with Gasteiger partial charge in [0, 0.05) is 30.2 Å². The van der Waals surface area contributed by atoms with Crippen molar-refractivity contribution in [2.24, 2.45) is 0 Å². The van der Waals surface area contributed by atoms with Crippen molar-refractivity contribution in [3.63, 3.8) is 0 Å². The Morgan fingerprint density at radius 2 is 1.62 bits per heavy atom. The van der Waals surface area contributed by atoms with Gasteiger partial charge in [-0.3, -0.25) is 19.3 Å². The highest BCUT2D eigenvalue weighted by molar-refractivity contribution is 7.99. The largest absolute Gasteiger partial charge is 0.355 e. The fraction of sp³-hybridized carbons (Fsp3) is 0.250. The van der Waals surface area contributed by atoms with Gasteiger partial charge in [0.05, 0.1) is 11.1 Å². The first-order chi connectivity index (χ1) is 12.6. The van der Waals surface area contributed by atoms with Gasteiger partial charge in [0.1, 0.15) is 0 Å². The molecule has 6 heteroatoms. The highest BCUT2D eigenvalue weighted by Crippen LogP contribution is 2.22. The van der Waals surface area contributed by atoms with E-state index >= 15 is 0 Å². The number of imide groups is 1. The average molecular weight is 368 g/mol. The summed E-state index contributed by atoms with van der Waals surface area (Å²) >= 11 is 1.67. The van der Waals surface area contributed by atoms with Gasteiger partial charge in [-0.05, 0) is 31.2 Å². The zero-order chi connectivity index (χ0) is 18.5. The molecule has 5 nitrogen and oxygen atoms in total. The summed E-state index contributed by atoms with van der Waals surface area (Å²) in [6.07, 6.45) is 0.112. The monoisotopic (exact) mass is 368 g/mol. The molecule has 0 aromatic heterocycles. The predicted molar refractivity (Wildman–Crippen MR) is 101 cm³/mol. The molecule has 0 fully saturated rings. The second kappa shape index (κ2) is 8.19. The van der Waals surface area contributed by atoms with Crippen LogP contribution in [0.25, 0.3) is 0 Å².